The van der Waals surface area contributed by atoms with Crippen LogP contribution in [0.3, 0.4) is 0 Å². The third-order valence-electron chi connectivity index (χ3n) is 2.71. The molecule has 0 aliphatic heterocycles. The summed E-state index contributed by atoms with van der Waals surface area (Å²) in [5, 5.41) is 7.53. The number of nitrogens with one attached hydrogen (secondary N) is 1. The molecule has 0 aliphatic carbocycles. The van der Waals surface area contributed by atoms with Crippen molar-refractivity contribution in [3.63, 3.8) is 0 Å². The van der Waals surface area contributed by atoms with Crippen LogP contribution in [0.25, 0.3) is 22.3 Å². The van der Waals surface area contributed by atoms with Crippen LogP contribution in [0.4, 0.5) is 4.39 Å². The number of aryl methyl sites for hydroxylation is 1. The zero-order chi connectivity index (χ0) is 12.7. The van der Waals surface area contributed by atoms with Gasteiger partial charge >= 0.3 is 0 Å². The molecule has 0 saturated carbocycles. The average Bonchev–Trinajstić information content (AvgIpc) is 2.79. The van der Waals surface area contributed by atoms with E-state index in [1.54, 1.807) is 25.3 Å². The molecule has 90 valence electrons. The smallest absolute Gasteiger partial charge is 0.224 e. The van der Waals surface area contributed by atoms with Gasteiger partial charge in [0.25, 0.3) is 0 Å². The number of rotatable bonds is 1. The van der Waals surface area contributed by atoms with Crippen LogP contribution in [0.15, 0.2) is 24.4 Å². The van der Waals surface area contributed by atoms with E-state index < -0.39 is 0 Å². The summed E-state index contributed by atoms with van der Waals surface area (Å²) >= 11 is 5.86. The lowest BCUT2D eigenvalue weighted by atomic mass is 10.1. The Morgan fingerprint density at radius 1 is 1.28 bits per heavy atom. The minimum absolute atomic E-state index is 0.128. The number of hydrogen-bond acceptors (Lipinski definition) is 3. The highest BCUT2D eigenvalue weighted by Crippen LogP contribution is 2.27. The molecule has 0 saturated heterocycles. The number of aromatic amines is 1. The van der Waals surface area contributed by atoms with Crippen LogP contribution in [0.2, 0.25) is 5.28 Å². The predicted molar refractivity (Wildman–Crippen MR) is 66.8 cm³/mol. The molecular weight excluding hydrogens is 255 g/mol. The minimum Gasteiger partial charge on any atom is -0.261 e. The van der Waals surface area contributed by atoms with E-state index in [2.05, 4.69) is 20.2 Å². The Hall–Kier alpha value is -2.01. The van der Waals surface area contributed by atoms with Gasteiger partial charge in [0.2, 0.25) is 5.28 Å². The van der Waals surface area contributed by atoms with Gasteiger partial charge in [-0.25, -0.2) is 9.37 Å². The predicted octanol–water partition coefficient (Wildman–Crippen LogP) is 3.12. The van der Waals surface area contributed by atoms with Gasteiger partial charge in [-0.3, -0.25) is 5.10 Å². The first kappa shape index (κ1) is 11.1. The number of fused-ring (bicyclic) bond motifs is 1. The van der Waals surface area contributed by atoms with Gasteiger partial charge in [-0.15, -0.1) is 0 Å². The van der Waals surface area contributed by atoms with Crippen molar-refractivity contribution < 1.29 is 4.39 Å². The first-order valence-electron chi connectivity index (χ1n) is 5.28. The van der Waals surface area contributed by atoms with E-state index in [0.717, 1.165) is 10.9 Å². The summed E-state index contributed by atoms with van der Waals surface area (Å²) < 4.78 is 13.3. The lowest BCUT2D eigenvalue weighted by Crippen LogP contribution is -1.91. The van der Waals surface area contributed by atoms with Crippen molar-refractivity contribution in [1.29, 1.82) is 0 Å². The Kier molecular flexibility index (Phi) is 2.48. The number of H-pyrrole nitrogens is 1. The van der Waals surface area contributed by atoms with E-state index in [4.69, 9.17) is 11.6 Å². The van der Waals surface area contributed by atoms with Crippen molar-refractivity contribution in [1.82, 2.24) is 20.2 Å². The Balaban J connectivity index is 2.30. The molecule has 1 aromatic carbocycles. The van der Waals surface area contributed by atoms with E-state index in [9.17, 15) is 4.39 Å². The van der Waals surface area contributed by atoms with Crippen LogP contribution >= 0.6 is 11.6 Å². The van der Waals surface area contributed by atoms with Gasteiger partial charge in [-0.2, -0.15) is 10.1 Å². The molecule has 0 aliphatic rings. The topological polar surface area (TPSA) is 54.5 Å². The number of halogens is 2. The molecule has 0 spiro atoms. The van der Waals surface area contributed by atoms with Gasteiger partial charge in [0.05, 0.1) is 17.3 Å². The standard InChI is InChI=1S/C12H8ClFN4/c1-6-4-7(2-3-9(6)14)10-8-5-15-18-11(8)17-12(13)16-10/h2-5H,1H3,(H,15,16,17,18). The summed E-state index contributed by atoms with van der Waals surface area (Å²) in [7, 11) is 0. The molecule has 0 fully saturated rings. The summed E-state index contributed by atoms with van der Waals surface area (Å²) in [6.45, 7) is 1.70. The second-order valence-corrected chi connectivity index (χ2v) is 4.28. The Bertz CT molecular complexity index is 738. The molecule has 3 aromatic rings. The average molecular weight is 263 g/mol. The summed E-state index contributed by atoms with van der Waals surface area (Å²) in [4.78, 5) is 8.21. The fourth-order valence-corrected chi connectivity index (χ4v) is 1.99. The lowest BCUT2D eigenvalue weighted by molar-refractivity contribution is 0.619. The van der Waals surface area contributed by atoms with Crippen molar-refractivity contribution in [2.45, 2.75) is 6.92 Å². The molecule has 0 atom stereocenters. The zero-order valence-electron chi connectivity index (χ0n) is 9.41. The molecule has 1 N–H and O–H groups in total. The van der Waals surface area contributed by atoms with Gasteiger partial charge in [0.1, 0.15) is 5.82 Å². The number of nitrogens with zero attached hydrogens (tertiary/aromatic N) is 3. The van der Waals surface area contributed by atoms with E-state index in [1.807, 2.05) is 0 Å². The van der Waals surface area contributed by atoms with E-state index in [-0.39, 0.29) is 11.1 Å². The number of benzene rings is 1. The third-order valence-corrected chi connectivity index (χ3v) is 2.88. The van der Waals surface area contributed by atoms with Crippen LogP contribution in [-0.4, -0.2) is 20.2 Å². The highest BCUT2D eigenvalue weighted by atomic mass is 35.5. The maximum atomic E-state index is 13.3. The number of aromatic nitrogens is 4. The molecule has 3 rings (SSSR count). The van der Waals surface area contributed by atoms with Crippen LogP contribution in [-0.2, 0) is 0 Å². The Morgan fingerprint density at radius 2 is 2.11 bits per heavy atom. The van der Waals surface area contributed by atoms with Crippen molar-refractivity contribution in [2.75, 3.05) is 0 Å². The Morgan fingerprint density at radius 3 is 2.89 bits per heavy atom. The quantitative estimate of drug-likeness (QED) is 0.686. The molecule has 0 radical (unpaired) electrons. The molecule has 18 heavy (non-hydrogen) atoms. The minimum atomic E-state index is -0.248. The summed E-state index contributed by atoms with van der Waals surface area (Å²) in [6.07, 6.45) is 1.62. The van der Waals surface area contributed by atoms with E-state index in [0.29, 0.717) is 16.9 Å². The second-order valence-electron chi connectivity index (χ2n) is 3.94. The maximum absolute atomic E-state index is 13.3. The van der Waals surface area contributed by atoms with Gasteiger partial charge in [0, 0.05) is 5.56 Å². The van der Waals surface area contributed by atoms with Crippen LogP contribution in [0, 0.1) is 12.7 Å². The monoisotopic (exact) mass is 262 g/mol. The normalized spacial score (nSPS) is 11.1. The molecule has 6 heteroatoms. The van der Waals surface area contributed by atoms with Crippen LogP contribution < -0.4 is 0 Å². The van der Waals surface area contributed by atoms with Crippen molar-refractivity contribution in [3.05, 3.63) is 41.1 Å². The van der Waals surface area contributed by atoms with E-state index >= 15 is 0 Å². The number of hydrogen-bond donors (Lipinski definition) is 1. The zero-order valence-corrected chi connectivity index (χ0v) is 10.2. The van der Waals surface area contributed by atoms with Crippen LogP contribution in [0.1, 0.15) is 5.56 Å². The first-order valence-corrected chi connectivity index (χ1v) is 5.66. The van der Waals surface area contributed by atoms with Crippen molar-refractivity contribution in [3.8, 4) is 11.3 Å². The molecule has 2 heterocycles. The lowest BCUT2D eigenvalue weighted by Gasteiger charge is -2.04. The second kappa shape index (κ2) is 4.03. The van der Waals surface area contributed by atoms with Crippen molar-refractivity contribution in [2.24, 2.45) is 0 Å². The van der Waals surface area contributed by atoms with Gasteiger partial charge in [-0.1, -0.05) is 0 Å². The van der Waals surface area contributed by atoms with Gasteiger partial charge < -0.3 is 0 Å². The van der Waals surface area contributed by atoms with Crippen molar-refractivity contribution >= 4 is 22.6 Å². The summed E-state index contributed by atoms with van der Waals surface area (Å²) in [5.41, 5.74) is 2.54. The largest absolute Gasteiger partial charge is 0.261 e. The molecule has 4 nitrogen and oxygen atoms in total. The fourth-order valence-electron chi connectivity index (χ4n) is 1.82. The summed E-state index contributed by atoms with van der Waals surface area (Å²) in [6, 6.07) is 4.79. The molecule has 0 bridgehead atoms. The van der Waals surface area contributed by atoms with Crippen LogP contribution in [0.5, 0.6) is 0 Å². The summed E-state index contributed by atoms with van der Waals surface area (Å²) in [5.74, 6) is -0.248. The van der Waals surface area contributed by atoms with E-state index in [1.165, 1.54) is 6.07 Å². The first-order chi connectivity index (χ1) is 8.65. The fraction of sp³-hybridized carbons (Fsp3) is 0.0833. The van der Waals surface area contributed by atoms with Gasteiger partial charge in [0.15, 0.2) is 5.65 Å². The Labute approximate surface area is 107 Å². The molecule has 0 amide bonds. The molecule has 0 unspecified atom stereocenters. The molecular formula is C12H8ClFN4. The molecule has 2 aromatic heterocycles. The van der Waals surface area contributed by atoms with Gasteiger partial charge in [-0.05, 0) is 42.3 Å². The SMILES string of the molecule is Cc1cc(-c2nc(Cl)nc3[nH]ncc23)ccc1F. The highest BCUT2D eigenvalue weighted by molar-refractivity contribution is 6.28. The highest BCUT2D eigenvalue weighted by Gasteiger charge is 2.11. The maximum Gasteiger partial charge on any atom is 0.224 e. The third kappa shape index (κ3) is 1.73.